The third kappa shape index (κ3) is 3.81. The number of hydrogen-bond acceptors (Lipinski definition) is 3. The number of aromatic hydroxyl groups is 1. The summed E-state index contributed by atoms with van der Waals surface area (Å²) in [5.74, 6) is 0.794. The minimum Gasteiger partial charge on any atom is -0.508 e. The molecule has 20 heavy (non-hydrogen) atoms. The lowest BCUT2D eigenvalue weighted by atomic mass is 10.2. The van der Waals surface area contributed by atoms with Crippen molar-refractivity contribution in [2.24, 2.45) is 0 Å². The van der Waals surface area contributed by atoms with Crippen LogP contribution in [0.1, 0.15) is 12.0 Å². The molecule has 0 radical (unpaired) electrons. The number of pyridine rings is 1. The van der Waals surface area contributed by atoms with Crippen molar-refractivity contribution in [2.75, 3.05) is 10.2 Å². The Morgan fingerprint density at radius 3 is 2.75 bits per heavy atom. The summed E-state index contributed by atoms with van der Waals surface area (Å²) in [7, 11) is 0. The van der Waals surface area contributed by atoms with Crippen molar-refractivity contribution in [1.29, 1.82) is 0 Å². The fourth-order valence-electron chi connectivity index (χ4n) is 1.86. The van der Waals surface area contributed by atoms with Crippen molar-refractivity contribution in [3.05, 3.63) is 54.2 Å². The molecule has 0 fully saturated rings. The predicted molar refractivity (Wildman–Crippen MR) is 81.9 cm³/mol. The zero-order valence-corrected chi connectivity index (χ0v) is 12.5. The van der Waals surface area contributed by atoms with E-state index in [9.17, 15) is 9.90 Å². The molecule has 1 heterocycles. The molecule has 0 unspecified atom stereocenters. The summed E-state index contributed by atoms with van der Waals surface area (Å²) in [6, 6.07) is 12.3. The van der Waals surface area contributed by atoms with Gasteiger partial charge in [0.1, 0.15) is 11.6 Å². The second-order valence-electron chi connectivity index (χ2n) is 4.28. The van der Waals surface area contributed by atoms with Gasteiger partial charge in [0.2, 0.25) is 5.91 Å². The van der Waals surface area contributed by atoms with E-state index in [1.807, 2.05) is 18.2 Å². The highest BCUT2D eigenvalue weighted by atomic mass is 79.9. The lowest BCUT2D eigenvalue weighted by molar-refractivity contribution is -0.118. The number of nitrogens with zero attached hydrogens (tertiary/aromatic N) is 2. The fourth-order valence-corrected chi connectivity index (χ4v) is 2.20. The molecular formula is C15H15BrN2O2. The Balaban J connectivity index is 2.25. The molecule has 0 saturated carbocycles. The topological polar surface area (TPSA) is 53.4 Å². The lowest BCUT2D eigenvalue weighted by Crippen LogP contribution is -2.31. The first-order valence-electron chi connectivity index (χ1n) is 6.26. The molecule has 0 aliphatic heterocycles. The fraction of sp³-hybridized carbons (Fsp3) is 0.200. The van der Waals surface area contributed by atoms with Gasteiger partial charge in [0.05, 0.1) is 6.54 Å². The van der Waals surface area contributed by atoms with Crippen LogP contribution in [0.5, 0.6) is 5.75 Å². The summed E-state index contributed by atoms with van der Waals surface area (Å²) in [5.41, 5.74) is 0.860. The van der Waals surface area contributed by atoms with E-state index < -0.39 is 0 Å². The molecule has 1 N–H and O–H groups in total. The van der Waals surface area contributed by atoms with Crippen molar-refractivity contribution in [1.82, 2.24) is 4.98 Å². The summed E-state index contributed by atoms with van der Waals surface area (Å²) >= 11 is 3.28. The standard InChI is InChI=1S/C15H15BrN2O2/c16-8-7-15(20)18(14-6-1-2-9-17-14)11-12-4-3-5-13(19)10-12/h1-6,9-10,19H,7-8,11H2. The molecule has 0 atom stereocenters. The monoisotopic (exact) mass is 334 g/mol. The van der Waals surface area contributed by atoms with Crippen molar-refractivity contribution in [2.45, 2.75) is 13.0 Å². The van der Waals surface area contributed by atoms with Crippen LogP contribution in [-0.2, 0) is 11.3 Å². The molecule has 0 aliphatic carbocycles. The van der Waals surface area contributed by atoms with E-state index >= 15 is 0 Å². The van der Waals surface area contributed by atoms with Crippen molar-refractivity contribution < 1.29 is 9.90 Å². The number of rotatable bonds is 5. The Morgan fingerprint density at radius 1 is 1.25 bits per heavy atom. The highest BCUT2D eigenvalue weighted by molar-refractivity contribution is 9.09. The van der Waals surface area contributed by atoms with Gasteiger partial charge in [-0.25, -0.2) is 4.98 Å². The summed E-state index contributed by atoms with van der Waals surface area (Å²) < 4.78 is 0. The van der Waals surface area contributed by atoms with Crippen LogP contribution in [0, 0.1) is 0 Å². The third-order valence-electron chi connectivity index (χ3n) is 2.79. The molecule has 2 aromatic rings. The van der Waals surface area contributed by atoms with Crippen LogP contribution in [0.3, 0.4) is 0 Å². The van der Waals surface area contributed by atoms with Gasteiger partial charge in [0.25, 0.3) is 0 Å². The number of alkyl halides is 1. The SMILES string of the molecule is O=C(CCBr)N(Cc1cccc(O)c1)c1ccccn1. The second-order valence-corrected chi connectivity index (χ2v) is 5.07. The summed E-state index contributed by atoms with van der Waals surface area (Å²) in [4.78, 5) is 18.1. The summed E-state index contributed by atoms with van der Waals surface area (Å²) in [5, 5.41) is 10.1. The first-order valence-corrected chi connectivity index (χ1v) is 7.38. The van der Waals surface area contributed by atoms with Gasteiger partial charge in [0, 0.05) is 17.9 Å². The van der Waals surface area contributed by atoms with Crippen molar-refractivity contribution in [3.8, 4) is 5.75 Å². The quantitative estimate of drug-likeness (QED) is 0.855. The van der Waals surface area contributed by atoms with Gasteiger partial charge in [-0.1, -0.05) is 34.1 Å². The maximum absolute atomic E-state index is 12.2. The van der Waals surface area contributed by atoms with E-state index in [2.05, 4.69) is 20.9 Å². The molecule has 4 nitrogen and oxygen atoms in total. The van der Waals surface area contributed by atoms with Crippen LogP contribution in [0.15, 0.2) is 48.7 Å². The zero-order chi connectivity index (χ0) is 14.4. The van der Waals surface area contributed by atoms with Gasteiger partial charge in [-0.05, 0) is 29.8 Å². The Bertz CT molecular complexity index is 575. The van der Waals surface area contributed by atoms with Gasteiger partial charge in [-0.15, -0.1) is 0 Å². The number of anilines is 1. The number of benzene rings is 1. The number of carbonyl (C=O) groups excluding carboxylic acids is 1. The number of carbonyl (C=O) groups is 1. The van der Waals surface area contributed by atoms with Crippen molar-refractivity contribution >= 4 is 27.7 Å². The smallest absolute Gasteiger partial charge is 0.229 e. The molecule has 1 aromatic carbocycles. The molecule has 1 aromatic heterocycles. The van der Waals surface area contributed by atoms with Crippen LogP contribution in [0.25, 0.3) is 0 Å². The molecule has 2 rings (SSSR count). The number of aromatic nitrogens is 1. The normalized spacial score (nSPS) is 10.2. The maximum Gasteiger partial charge on any atom is 0.229 e. The molecule has 104 valence electrons. The lowest BCUT2D eigenvalue weighted by Gasteiger charge is -2.21. The number of hydrogen-bond donors (Lipinski definition) is 1. The van der Waals surface area contributed by atoms with Crippen LogP contribution in [0.4, 0.5) is 5.82 Å². The highest BCUT2D eigenvalue weighted by Crippen LogP contribution is 2.18. The Kier molecular flexibility index (Phi) is 5.12. The van der Waals surface area contributed by atoms with E-state index in [4.69, 9.17) is 0 Å². The van der Waals surface area contributed by atoms with E-state index in [0.717, 1.165) is 5.56 Å². The minimum atomic E-state index is -0.0103. The van der Waals surface area contributed by atoms with Crippen LogP contribution in [-0.4, -0.2) is 21.3 Å². The van der Waals surface area contributed by atoms with E-state index in [1.54, 1.807) is 35.4 Å². The number of phenols is 1. The molecule has 0 saturated heterocycles. The number of amides is 1. The Labute approximate surface area is 126 Å². The third-order valence-corrected chi connectivity index (χ3v) is 3.18. The second kappa shape index (κ2) is 7.05. The van der Waals surface area contributed by atoms with Crippen LogP contribution >= 0.6 is 15.9 Å². The molecule has 5 heteroatoms. The van der Waals surface area contributed by atoms with Gasteiger partial charge in [0.15, 0.2) is 0 Å². The molecule has 0 spiro atoms. The maximum atomic E-state index is 12.2. The van der Waals surface area contributed by atoms with Crippen LogP contribution < -0.4 is 4.90 Å². The predicted octanol–water partition coefficient (Wildman–Crippen LogP) is 3.11. The first kappa shape index (κ1) is 14.5. The molecular weight excluding hydrogens is 320 g/mol. The van der Waals surface area contributed by atoms with Crippen molar-refractivity contribution in [3.63, 3.8) is 0 Å². The summed E-state index contributed by atoms with van der Waals surface area (Å²) in [6.07, 6.45) is 2.06. The molecule has 1 amide bonds. The van der Waals surface area contributed by atoms with Gasteiger partial charge >= 0.3 is 0 Å². The number of phenolic OH excluding ortho intramolecular Hbond substituents is 1. The summed E-state index contributed by atoms with van der Waals surface area (Å²) in [6.45, 7) is 0.386. The van der Waals surface area contributed by atoms with Gasteiger partial charge in [-0.3, -0.25) is 9.69 Å². The largest absolute Gasteiger partial charge is 0.508 e. The van der Waals surface area contributed by atoms with E-state index in [-0.39, 0.29) is 11.7 Å². The van der Waals surface area contributed by atoms with Gasteiger partial charge < -0.3 is 5.11 Å². The molecule has 0 bridgehead atoms. The average Bonchev–Trinajstić information content (AvgIpc) is 2.46. The molecule has 0 aliphatic rings. The van der Waals surface area contributed by atoms with E-state index in [1.165, 1.54) is 0 Å². The van der Waals surface area contributed by atoms with Gasteiger partial charge in [-0.2, -0.15) is 0 Å². The minimum absolute atomic E-state index is 0.0103. The number of halogens is 1. The van der Waals surface area contributed by atoms with E-state index in [0.29, 0.717) is 24.1 Å². The zero-order valence-electron chi connectivity index (χ0n) is 10.9. The first-order chi connectivity index (χ1) is 9.70. The average molecular weight is 335 g/mol. The Morgan fingerprint density at radius 2 is 2.10 bits per heavy atom. The highest BCUT2D eigenvalue weighted by Gasteiger charge is 2.16. The Hall–Kier alpha value is -1.88. The van der Waals surface area contributed by atoms with Crippen LogP contribution in [0.2, 0.25) is 0 Å².